The summed E-state index contributed by atoms with van der Waals surface area (Å²) < 4.78 is 25.4. The van der Waals surface area contributed by atoms with E-state index >= 15 is 0 Å². The van der Waals surface area contributed by atoms with E-state index in [-0.39, 0.29) is 4.90 Å². The molecule has 9 nitrogen and oxygen atoms in total. The number of sulfone groups is 1. The summed E-state index contributed by atoms with van der Waals surface area (Å²) in [5.74, 6) is 1.13. The fourth-order valence-electron chi connectivity index (χ4n) is 4.27. The number of nitrogens with one attached hydrogen (secondary N) is 1. The van der Waals surface area contributed by atoms with Gasteiger partial charge in [-0.1, -0.05) is 13.0 Å². The van der Waals surface area contributed by atoms with E-state index in [0.29, 0.717) is 11.8 Å². The summed E-state index contributed by atoms with van der Waals surface area (Å²) in [5.41, 5.74) is 2.72. The second-order valence-electron chi connectivity index (χ2n) is 8.81. The zero-order valence-electron chi connectivity index (χ0n) is 19.9. The van der Waals surface area contributed by atoms with Crippen LogP contribution < -0.4 is 5.32 Å². The van der Waals surface area contributed by atoms with Gasteiger partial charge in [0.05, 0.1) is 4.90 Å². The van der Waals surface area contributed by atoms with Gasteiger partial charge in [-0.3, -0.25) is 4.90 Å². The Morgan fingerprint density at radius 1 is 0.914 bits per heavy atom. The molecular formula is C25H29N7O2S. The molecule has 4 aromatic rings. The van der Waals surface area contributed by atoms with Gasteiger partial charge >= 0.3 is 0 Å². The van der Waals surface area contributed by atoms with Gasteiger partial charge < -0.3 is 14.8 Å². The predicted molar refractivity (Wildman–Crippen MR) is 137 cm³/mol. The van der Waals surface area contributed by atoms with Gasteiger partial charge in [0, 0.05) is 68.6 Å². The first kappa shape index (κ1) is 23.4. The molecule has 1 N–H and O–H groups in total. The Hall–Kier alpha value is -3.34. The van der Waals surface area contributed by atoms with E-state index in [1.165, 1.54) is 11.8 Å². The van der Waals surface area contributed by atoms with Crippen LogP contribution in [0.15, 0.2) is 66.0 Å². The maximum atomic E-state index is 11.8. The van der Waals surface area contributed by atoms with Gasteiger partial charge in [0.15, 0.2) is 9.84 Å². The fourth-order valence-corrected chi connectivity index (χ4v) is 4.90. The summed E-state index contributed by atoms with van der Waals surface area (Å²) >= 11 is 0. The number of piperazine rings is 1. The average Bonchev–Trinajstić information content (AvgIpc) is 3.28. The molecule has 0 amide bonds. The Morgan fingerprint density at radius 2 is 1.66 bits per heavy atom. The molecule has 0 bridgehead atoms. The Labute approximate surface area is 205 Å². The lowest BCUT2D eigenvalue weighted by molar-refractivity contribution is 0.132. The van der Waals surface area contributed by atoms with Crippen molar-refractivity contribution in [1.29, 1.82) is 0 Å². The van der Waals surface area contributed by atoms with Gasteiger partial charge in [0.25, 0.3) is 0 Å². The number of anilines is 2. The quantitative estimate of drug-likeness (QED) is 0.421. The average molecular weight is 492 g/mol. The minimum absolute atomic E-state index is 0.285. The number of fused-ring (bicyclic) bond motifs is 1. The highest BCUT2D eigenvalue weighted by Gasteiger charge is 2.16. The number of hydrogen-bond acceptors (Lipinski definition) is 8. The van der Waals surface area contributed by atoms with Gasteiger partial charge in [-0.2, -0.15) is 4.98 Å². The van der Waals surface area contributed by atoms with Crippen LogP contribution in [0.25, 0.3) is 16.7 Å². The van der Waals surface area contributed by atoms with E-state index < -0.39 is 9.84 Å². The van der Waals surface area contributed by atoms with E-state index in [9.17, 15) is 8.42 Å². The molecule has 10 heteroatoms. The monoisotopic (exact) mass is 491 g/mol. The number of pyridine rings is 1. The summed E-state index contributed by atoms with van der Waals surface area (Å²) in [6.07, 6.45) is 6.76. The molecule has 0 saturated carbocycles. The van der Waals surface area contributed by atoms with Gasteiger partial charge in [0.2, 0.25) is 5.95 Å². The molecule has 1 saturated heterocycles. The van der Waals surface area contributed by atoms with Gasteiger partial charge in [-0.05, 0) is 48.5 Å². The van der Waals surface area contributed by atoms with Crippen molar-refractivity contribution < 1.29 is 8.42 Å². The molecule has 0 atom stereocenters. The van der Waals surface area contributed by atoms with Crippen LogP contribution in [0.2, 0.25) is 0 Å². The molecule has 4 heterocycles. The number of likely N-dealkylation sites (N-methyl/N-ethyl adjacent to an activating group) is 1. The van der Waals surface area contributed by atoms with Crippen LogP contribution in [0, 0.1) is 0 Å². The lowest BCUT2D eigenvalue weighted by Crippen LogP contribution is -2.45. The van der Waals surface area contributed by atoms with Gasteiger partial charge in [-0.25, -0.2) is 18.4 Å². The molecule has 1 aliphatic rings. The van der Waals surface area contributed by atoms with Crippen molar-refractivity contribution in [2.24, 2.45) is 0 Å². The zero-order valence-corrected chi connectivity index (χ0v) is 20.7. The predicted octanol–water partition coefficient (Wildman–Crippen LogP) is 3.10. The first-order valence-corrected chi connectivity index (χ1v) is 13.6. The summed E-state index contributed by atoms with van der Waals surface area (Å²) in [5, 5.41) is 4.08. The topological polar surface area (TPSA) is 96.2 Å². The SMILES string of the molecule is CCN1CCN(Cc2ccc(Nc3ncc4ccn(-c5ccc(S(C)(=O)=O)cc5)c4n3)nc2)CC1. The summed E-state index contributed by atoms with van der Waals surface area (Å²) in [4.78, 5) is 18.9. The van der Waals surface area contributed by atoms with Crippen LogP contribution >= 0.6 is 0 Å². The standard InChI is InChI=1S/C25H29N7O2S/c1-3-30-12-14-31(15-13-30)18-19-4-9-23(26-16-19)28-25-27-17-20-10-11-32(24(20)29-25)21-5-7-22(8-6-21)35(2,33)34/h4-11,16-17H,3,12-15,18H2,1-2H3,(H,26,27,28,29). The Morgan fingerprint density at radius 3 is 2.31 bits per heavy atom. The Kier molecular flexibility index (Phi) is 6.50. The maximum absolute atomic E-state index is 11.8. The van der Waals surface area contributed by atoms with Crippen LogP contribution in [-0.4, -0.2) is 76.7 Å². The van der Waals surface area contributed by atoms with E-state index in [1.54, 1.807) is 30.5 Å². The summed E-state index contributed by atoms with van der Waals surface area (Å²) in [7, 11) is -3.24. The van der Waals surface area contributed by atoms with E-state index in [0.717, 1.165) is 56.0 Å². The summed E-state index contributed by atoms with van der Waals surface area (Å²) in [6, 6.07) is 12.7. The normalized spacial score (nSPS) is 15.5. The number of nitrogens with zero attached hydrogens (tertiary/aromatic N) is 6. The molecule has 0 unspecified atom stereocenters. The van der Waals surface area contributed by atoms with Crippen molar-refractivity contribution in [3.63, 3.8) is 0 Å². The highest BCUT2D eigenvalue weighted by molar-refractivity contribution is 7.90. The Bertz CT molecular complexity index is 1410. The van der Waals surface area contributed by atoms with Crippen molar-refractivity contribution in [3.8, 4) is 5.69 Å². The molecule has 35 heavy (non-hydrogen) atoms. The maximum Gasteiger partial charge on any atom is 0.230 e. The van der Waals surface area contributed by atoms with Gasteiger partial charge in [0.1, 0.15) is 11.5 Å². The van der Waals surface area contributed by atoms with Crippen LogP contribution in [0.3, 0.4) is 0 Å². The van der Waals surface area contributed by atoms with E-state index in [1.807, 2.05) is 29.1 Å². The minimum atomic E-state index is -3.24. The molecular weight excluding hydrogens is 462 g/mol. The van der Waals surface area contributed by atoms with E-state index in [4.69, 9.17) is 0 Å². The second-order valence-corrected chi connectivity index (χ2v) is 10.8. The van der Waals surface area contributed by atoms with Crippen molar-refractivity contribution in [1.82, 2.24) is 29.3 Å². The molecule has 0 aliphatic carbocycles. The van der Waals surface area contributed by atoms with Crippen LogP contribution in [-0.2, 0) is 16.4 Å². The molecule has 1 aliphatic heterocycles. The number of benzene rings is 1. The lowest BCUT2D eigenvalue weighted by Gasteiger charge is -2.33. The third kappa shape index (κ3) is 5.34. The molecule has 1 fully saturated rings. The highest BCUT2D eigenvalue weighted by atomic mass is 32.2. The Balaban J connectivity index is 1.29. The van der Waals surface area contributed by atoms with Crippen LogP contribution in [0.5, 0.6) is 0 Å². The van der Waals surface area contributed by atoms with Crippen molar-refractivity contribution in [2.75, 3.05) is 44.3 Å². The number of hydrogen-bond donors (Lipinski definition) is 1. The smallest absolute Gasteiger partial charge is 0.230 e. The molecule has 182 valence electrons. The molecule has 0 spiro atoms. The highest BCUT2D eigenvalue weighted by Crippen LogP contribution is 2.22. The van der Waals surface area contributed by atoms with Crippen LogP contribution in [0.4, 0.5) is 11.8 Å². The second kappa shape index (κ2) is 9.73. The van der Waals surface area contributed by atoms with E-state index in [2.05, 4.69) is 43.1 Å². The van der Waals surface area contributed by atoms with Crippen LogP contribution in [0.1, 0.15) is 12.5 Å². The zero-order chi connectivity index (χ0) is 24.4. The first-order chi connectivity index (χ1) is 16.9. The van der Waals surface area contributed by atoms with Crippen molar-refractivity contribution in [2.45, 2.75) is 18.4 Å². The third-order valence-corrected chi connectivity index (χ3v) is 7.48. The van der Waals surface area contributed by atoms with Gasteiger partial charge in [-0.15, -0.1) is 0 Å². The number of aromatic nitrogens is 4. The largest absolute Gasteiger partial charge is 0.309 e. The molecule has 1 aromatic carbocycles. The number of rotatable bonds is 7. The lowest BCUT2D eigenvalue weighted by atomic mass is 10.2. The fraction of sp³-hybridized carbons (Fsp3) is 0.320. The molecule has 5 rings (SSSR count). The third-order valence-electron chi connectivity index (χ3n) is 6.35. The van der Waals surface area contributed by atoms with Crippen molar-refractivity contribution in [3.05, 3.63) is 66.6 Å². The van der Waals surface area contributed by atoms with Crippen molar-refractivity contribution >= 4 is 32.6 Å². The minimum Gasteiger partial charge on any atom is -0.309 e. The molecule has 3 aromatic heterocycles. The molecule has 0 radical (unpaired) electrons. The summed E-state index contributed by atoms with van der Waals surface area (Å²) in [6.45, 7) is 8.63. The first-order valence-electron chi connectivity index (χ1n) is 11.7.